The molecule has 0 heterocycles. The van der Waals surface area contributed by atoms with Gasteiger partial charge in [-0.15, -0.1) is 0 Å². The van der Waals surface area contributed by atoms with E-state index in [1.54, 1.807) is 14.1 Å². The second-order valence-corrected chi connectivity index (χ2v) is 4.92. The van der Waals surface area contributed by atoms with Gasteiger partial charge in [0.25, 0.3) is 0 Å². The number of carbonyl (C=O) groups is 1. The Kier molecular flexibility index (Phi) is 5.53. The number of rotatable bonds is 5. The highest BCUT2D eigenvalue weighted by atomic mass is 79.9. The fraction of sp³-hybridized carbons (Fsp3) is 0.417. The summed E-state index contributed by atoms with van der Waals surface area (Å²) in [5.74, 6) is -1.26. The van der Waals surface area contributed by atoms with E-state index in [0.717, 1.165) is 6.07 Å². The molecule has 0 saturated carbocycles. The van der Waals surface area contributed by atoms with Gasteiger partial charge in [-0.1, -0.05) is 0 Å². The van der Waals surface area contributed by atoms with Crippen LogP contribution in [0.5, 0.6) is 0 Å². The van der Waals surface area contributed by atoms with Crippen LogP contribution in [0, 0.1) is 11.6 Å². The molecular weight excluding hydrogens is 306 g/mol. The Labute approximate surface area is 113 Å². The Hall–Kier alpha value is -1.17. The number of amides is 1. The quantitative estimate of drug-likeness (QED) is 0.846. The molecular formula is C12H15BrF2N2O. The maximum Gasteiger partial charge on any atom is 0.222 e. The highest BCUT2D eigenvalue weighted by molar-refractivity contribution is 9.10. The number of nitrogens with one attached hydrogen (secondary N) is 1. The minimum atomic E-state index is -0.652. The molecule has 0 atom stereocenters. The Morgan fingerprint density at radius 2 is 2.06 bits per heavy atom. The molecule has 0 saturated heterocycles. The highest BCUT2D eigenvalue weighted by Gasteiger charge is 2.09. The predicted octanol–water partition coefficient (Wildman–Crippen LogP) is 3.01. The summed E-state index contributed by atoms with van der Waals surface area (Å²) in [5.41, 5.74) is 0.216. The first kappa shape index (κ1) is 14.9. The van der Waals surface area contributed by atoms with Crippen molar-refractivity contribution in [1.29, 1.82) is 0 Å². The molecule has 0 unspecified atom stereocenters. The number of halogens is 3. The van der Waals surface area contributed by atoms with Gasteiger partial charge in [0.1, 0.15) is 11.6 Å². The Morgan fingerprint density at radius 3 is 2.61 bits per heavy atom. The van der Waals surface area contributed by atoms with Crippen LogP contribution >= 0.6 is 15.9 Å². The van der Waals surface area contributed by atoms with E-state index >= 15 is 0 Å². The zero-order valence-corrected chi connectivity index (χ0v) is 11.9. The van der Waals surface area contributed by atoms with Crippen molar-refractivity contribution < 1.29 is 13.6 Å². The van der Waals surface area contributed by atoms with Crippen molar-refractivity contribution in [2.24, 2.45) is 0 Å². The molecule has 0 radical (unpaired) electrons. The van der Waals surface area contributed by atoms with E-state index in [4.69, 9.17) is 0 Å². The molecule has 100 valence electrons. The monoisotopic (exact) mass is 320 g/mol. The molecule has 1 rings (SSSR count). The van der Waals surface area contributed by atoms with Crippen LogP contribution in [-0.2, 0) is 4.79 Å². The normalized spacial score (nSPS) is 10.3. The lowest BCUT2D eigenvalue weighted by Gasteiger charge is -2.12. The minimum absolute atomic E-state index is 0.0236. The van der Waals surface area contributed by atoms with Crippen LogP contribution in [-0.4, -0.2) is 31.4 Å². The summed E-state index contributed by atoms with van der Waals surface area (Å²) in [5, 5.41) is 2.84. The molecule has 1 aromatic carbocycles. The third kappa shape index (κ3) is 4.25. The number of anilines is 1. The standard InChI is InChI=1S/C12H15BrF2N2O/c1-17(2)11(18)4-3-5-16-12-9(13)6-8(14)7-10(12)15/h6-7,16H,3-5H2,1-2H3. The third-order valence-corrected chi connectivity index (χ3v) is 3.00. The summed E-state index contributed by atoms with van der Waals surface area (Å²) >= 11 is 3.08. The van der Waals surface area contributed by atoms with Crippen LogP contribution in [0.25, 0.3) is 0 Å². The maximum atomic E-state index is 13.4. The lowest BCUT2D eigenvalue weighted by atomic mass is 10.2. The Balaban J connectivity index is 2.47. The van der Waals surface area contributed by atoms with Crippen molar-refractivity contribution in [2.75, 3.05) is 26.0 Å². The van der Waals surface area contributed by atoms with Crippen LogP contribution in [0.1, 0.15) is 12.8 Å². The third-order valence-electron chi connectivity index (χ3n) is 2.37. The Bertz CT molecular complexity index is 415. The van der Waals surface area contributed by atoms with Gasteiger partial charge in [-0.25, -0.2) is 8.78 Å². The van der Waals surface area contributed by atoms with Crippen molar-refractivity contribution in [3.8, 4) is 0 Å². The molecule has 0 aliphatic rings. The molecule has 0 spiro atoms. The molecule has 0 aliphatic carbocycles. The molecule has 1 amide bonds. The van der Waals surface area contributed by atoms with Crippen molar-refractivity contribution in [2.45, 2.75) is 12.8 Å². The van der Waals surface area contributed by atoms with Crippen LogP contribution in [0.3, 0.4) is 0 Å². The van der Waals surface area contributed by atoms with E-state index in [1.807, 2.05) is 0 Å². The minimum Gasteiger partial charge on any atom is -0.382 e. The molecule has 0 bridgehead atoms. The summed E-state index contributed by atoms with van der Waals surface area (Å²) in [6.07, 6.45) is 0.973. The lowest BCUT2D eigenvalue weighted by Crippen LogP contribution is -2.22. The fourth-order valence-corrected chi connectivity index (χ4v) is 1.94. The van der Waals surface area contributed by atoms with Crippen LogP contribution in [0.4, 0.5) is 14.5 Å². The molecule has 3 nitrogen and oxygen atoms in total. The summed E-state index contributed by atoms with van der Waals surface area (Å²) in [4.78, 5) is 12.8. The highest BCUT2D eigenvalue weighted by Crippen LogP contribution is 2.26. The summed E-state index contributed by atoms with van der Waals surface area (Å²) in [7, 11) is 3.37. The molecule has 0 aromatic heterocycles. The molecule has 1 aromatic rings. The topological polar surface area (TPSA) is 32.3 Å². The maximum absolute atomic E-state index is 13.4. The number of nitrogens with zero attached hydrogens (tertiary/aromatic N) is 1. The van der Waals surface area contributed by atoms with E-state index in [9.17, 15) is 13.6 Å². The largest absolute Gasteiger partial charge is 0.382 e. The van der Waals surface area contributed by atoms with Crippen molar-refractivity contribution in [3.63, 3.8) is 0 Å². The van der Waals surface area contributed by atoms with E-state index in [0.29, 0.717) is 23.9 Å². The number of hydrogen-bond acceptors (Lipinski definition) is 2. The zero-order valence-electron chi connectivity index (χ0n) is 10.3. The molecule has 0 fully saturated rings. The first-order valence-electron chi connectivity index (χ1n) is 5.50. The van der Waals surface area contributed by atoms with E-state index in [1.165, 1.54) is 11.0 Å². The smallest absolute Gasteiger partial charge is 0.222 e. The van der Waals surface area contributed by atoms with Gasteiger partial charge in [0.2, 0.25) is 5.91 Å². The summed E-state index contributed by atoms with van der Waals surface area (Å²) in [6.45, 7) is 0.445. The van der Waals surface area contributed by atoms with Gasteiger partial charge in [0.05, 0.1) is 5.69 Å². The van der Waals surface area contributed by atoms with Crippen LogP contribution in [0.15, 0.2) is 16.6 Å². The van der Waals surface area contributed by atoms with Gasteiger partial charge in [-0.2, -0.15) is 0 Å². The average molecular weight is 321 g/mol. The number of carbonyl (C=O) groups excluding carboxylic acids is 1. The van der Waals surface area contributed by atoms with Gasteiger partial charge in [-0.3, -0.25) is 4.79 Å². The van der Waals surface area contributed by atoms with E-state index < -0.39 is 11.6 Å². The summed E-state index contributed by atoms with van der Waals surface area (Å²) < 4.78 is 26.6. The number of hydrogen-bond donors (Lipinski definition) is 1. The summed E-state index contributed by atoms with van der Waals surface area (Å²) in [6, 6.07) is 2.01. The van der Waals surface area contributed by atoms with Gasteiger partial charge in [0, 0.05) is 37.6 Å². The molecule has 1 N–H and O–H groups in total. The first-order chi connectivity index (χ1) is 8.41. The molecule has 18 heavy (non-hydrogen) atoms. The van der Waals surface area contributed by atoms with Gasteiger partial charge >= 0.3 is 0 Å². The zero-order chi connectivity index (χ0) is 13.7. The SMILES string of the molecule is CN(C)C(=O)CCCNc1c(F)cc(F)cc1Br. The van der Waals surface area contributed by atoms with Gasteiger partial charge < -0.3 is 10.2 Å². The second-order valence-electron chi connectivity index (χ2n) is 4.06. The van der Waals surface area contributed by atoms with Crippen LogP contribution in [0.2, 0.25) is 0 Å². The first-order valence-corrected chi connectivity index (χ1v) is 6.29. The van der Waals surface area contributed by atoms with Crippen molar-refractivity contribution in [1.82, 2.24) is 4.90 Å². The van der Waals surface area contributed by atoms with Gasteiger partial charge in [0.15, 0.2) is 0 Å². The second kappa shape index (κ2) is 6.68. The predicted molar refractivity (Wildman–Crippen MR) is 70.5 cm³/mol. The van der Waals surface area contributed by atoms with Crippen LogP contribution < -0.4 is 5.32 Å². The average Bonchev–Trinajstić information content (AvgIpc) is 2.26. The lowest BCUT2D eigenvalue weighted by molar-refractivity contribution is -0.128. The fourth-order valence-electron chi connectivity index (χ4n) is 1.39. The van der Waals surface area contributed by atoms with Crippen molar-refractivity contribution in [3.05, 3.63) is 28.2 Å². The molecule has 6 heteroatoms. The Morgan fingerprint density at radius 1 is 1.39 bits per heavy atom. The van der Waals surface area contributed by atoms with Gasteiger partial charge in [-0.05, 0) is 28.4 Å². The molecule has 0 aliphatic heterocycles. The number of benzene rings is 1. The van der Waals surface area contributed by atoms with E-state index in [-0.39, 0.29) is 11.6 Å². The van der Waals surface area contributed by atoms with Crippen molar-refractivity contribution >= 4 is 27.5 Å². The van der Waals surface area contributed by atoms with E-state index in [2.05, 4.69) is 21.2 Å².